The zero-order chi connectivity index (χ0) is 10.2. The number of ether oxygens (including phenoxy) is 2. The van der Waals surface area contributed by atoms with Crippen molar-refractivity contribution in [2.75, 3.05) is 32.9 Å². The van der Waals surface area contributed by atoms with Gasteiger partial charge in [0, 0.05) is 26.4 Å². The van der Waals surface area contributed by atoms with E-state index in [9.17, 15) is 0 Å². The molecule has 0 bridgehead atoms. The fourth-order valence-corrected chi connectivity index (χ4v) is 1.62. The van der Waals surface area contributed by atoms with Gasteiger partial charge in [0.25, 0.3) is 0 Å². The van der Waals surface area contributed by atoms with Crippen LogP contribution in [-0.4, -0.2) is 39.0 Å². The van der Waals surface area contributed by atoms with Gasteiger partial charge < -0.3 is 14.8 Å². The molecule has 1 N–H and O–H groups in total. The van der Waals surface area contributed by atoms with E-state index in [2.05, 4.69) is 19.2 Å². The Balaban J connectivity index is 2.00. The standard InChI is InChI=1S/C11H23NO2/c1-3-12-8-10(2)14-9-11-4-6-13-7-5-11/h10-12H,3-9H2,1-2H3. The van der Waals surface area contributed by atoms with Crippen molar-refractivity contribution in [2.45, 2.75) is 32.8 Å². The summed E-state index contributed by atoms with van der Waals surface area (Å²) in [5.74, 6) is 0.716. The Kier molecular flexibility index (Phi) is 6.15. The van der Waals surface area contributed by atoms with Crippen molar-refractivity contribution in [2.24, 2.45) is 5.92 Å². The van der Waals surface area contributed by atoms with Gasteiger partial charge in [0.2, 0.25) is 0 Å². The van der Waals surface area contributed by atoms with Gasteiger partial charge >= 0.3 is 0 Å². The Labute approximate surface area is 87.2 Å². The molecule has 14 heavy (non-hydrogen) atoms. The lowest BCUT2D eigenvalue weighted by molar-refractivity contribution is -0.00417. The zero-order valence-corrected chi connectivity index (χ0v) is 9.42. The Bertz CT molecular complexity index is 135. The summed E-state index contributed by atoms with van der Waals surface area (Å²) in [6.45, 7) is 8.94. The largest absolute Gasteiger partial charge is 0.381 e. The number of hydrogen-bond donors (Lipinski definition) is 1. The second-order valence-corrected chi connectivity index (χ2v) is 4.01. The molecular formula is C11H23NO2. The van der Waals surface area contributed by atoms with E-state index in [1.54, 1.807) is 0 Å². The zero-order valence-electron chi connectivity index (χ0n) is 9.42. The Hall–Kier alpha value is -0.120. The normalized spacial score (nSPS) is 21.0. The molecule has 3 nitrogen and oxygen atoms in total. The topological polar surface area (TPSA) is 30.5 Å². The highest BCUT2D eigenvalue weighted by molar-refractivity contribution is 4.64. The molecule has 0 saturated carbocycles. The monoisotopic (exact) mass is 201 g/mol. The average Bonchev–Trinajstić information content (AvgIpc) is 2.25. The molecule has 0 aliphatic carbocycles. The van der Waals surface area contributed by atoms with Crippen LogP contribution in [0.2, 0.25) is 0 Å². The van der Waals surface area contributed by atoms with Crippen molar-refractivity contribution in [1.29, 1.82) is 0 Å². The molecule has 1 aliphatic heterocycles. The molecule has 1 unspecified atom stereocenters. The Morgan fingerprint density at radius 2 is 2.14 bits per heavy atom. The SMILES string of the molecule is CCNCC(C)OCC1CCOCC1. The van der Waals surface area contributed by atoms with Crippen molar-refractivity contribution in [3.8, 4) is 0 Å². The molecular weight excluding hydrogens is 178 g/mol. The third-order valence-corrected chi connectivity index (χ3v) is 2.64. The minimum Gasteiger partial charge on any atom is -0.381 e. The van der Waals surface area contributed by atoms with Crippen LogP contribution in [0.5, 0.6) is 0 Å². The first kappa shape index (κ1) is 12.0. The number of hydrogen-bond acceptors (Lipinski definition) is 3. The molecule has 0 aromatic rings. The van der Waals surface area contributed by atoms with E-state index in [1.807, 2.05) is 0 Å². The number of rotatable bonds is 6. The maximum atomic E-state index is 5.77. The van der Waals surface area contributed by atoms with Gasteiger partial charge in [0.1, 0.15) is 0 Å². The highest BCUT2D eigenvalue weighted by atomic mass is 16.5. The molecule has 0 aromatic carbocycles. The van der Waals surface area contributed by atoms with Crippen LogP contribution >= 0.6 is 0 Å². The highest BCUT2D eigenvalue weighted by Gasteiger charge is 2.14. The molecule has 1 rings (SSSR count). The first-order chi connectivity index (χ1) is 6.83. The van der Waals surface area contributed by atoms with E-state index in [-0.39, 0.29) is 0 Å². The fraction of sp³-hybridized carbons (Fsp3) is 1.00. The molecule has 0 spiro atoms. The lowest BCUT2D eigenvalue weighted by Crippen LogP contribution is -2.29. The second kappa shape index (κ2) is 7.21. The highest BCUT2D eigenvalue weighted by Crippen LogP contribution is 2.15. The molecule has 0 radical (unpaired) electrons. The maximum absolute atomic E-state index is 5.77. The van der Waals surface area contributed by atoms with Crippen LogP contribution in [0, 0.1) is 5.92 Å². The van der Waals surface area contributed by atoms with Gasteiger partial charge in [0.15, 0.2) is 0 Å². The molecule has 0 amide bonds. The van der Waals surface area contributed by atoms with E-state index in [0.29, 0.717) is 12.0 Å². The van der Waals surface area contributed by atoms with Gasteiger partial charge in [-0.15, -0.1) is 0 Å². The summed E-state index contributed by atoms with van der Waals surface area (Å²) in [6, 6.07) is 0. The first-order valence-electron chi connectivity index (χ1n) is 5.73. The quantitative estimate of drug-likeness (QED) is 0.705. The van der Waals surface area contributed by atoms with Gasteiger partial charge in [-0.3, -0.25) is 0 Å². The molecule has 84 valence electrons. The van der Waals surface area contributed by atoms with Crippen molar-refractivity contribution in [3.63, 3.8) is 0 Å². The molecule has 1 atom stereocenters. The van der Waals surface area contributed by atoms with Gasteiger partial charge in [-0.25, -0.2) is 0 Å². The van der Waals surface area contributed by atoms with E-state index < -0.39 is 0 Å². The summed E-state index contributed by atoms with van der Waals surface area (Å²) in [6.07, 6.45) is 2.65. The van der Waals surface area contributed by atoms with Gasteiger partial charge in [-0.05, 0) is 32.2 Å². The van der Waals surface area contributed by atoms with Crippen molar-refractivity contribution < 1.29 is 9.47 Å². The minimum absolute atomic E-state index is 0.331. The van der Waals surface area contributed by atoms with E-state index in [0.717, 1.165) is 45.8 Å². The molecule has 1 saturated heterocycles. The third-order valence-electron chi connectivity index (χ3n) is 2.64. The molecule has 1 fully saturated rings. The summed E-state index contributed by atoms with van der Waals surface area (Å²) in [7, 11) is 0. The molecule has 3 heteroatoms. The summed E-state index contributed by atoms with van der Waals surface area (Å²) < 4.78 is 11.1. The summed E-state index contributed by atoms with van der Waals surface area (Å²) in [4.78, 5) is 0. The summed E-state index contributed by atoms with van der Waals surface area (Å²) in [5, 5.41) is 3.29. The first-order valence-corrected chi connectivity index (χ1v) is 5.73. The van der Waals surface area contributed by atoms with Crippen LogP contribution < -0.4 is 5.32 Å². The molecule has 0 aromatic heterocycles. The smallest absolute Gasteiger partial charge is 0.0671 e. The van der Waals surface area contributed by atoms with Crippen LogP contribution in [0.1, 0.15) is 26.7 Å². The van der Waals surface area contributed by atoms with Crippen LogP contribution in [0.25, 0.3) is 0 Å². The molecule has 1 heterocycles. The van der Waals surface area contributed by atoms with Crippen LogP contribution in [-0.2, 0) is 9.47 Å². The van der Waals surface area contributed by atoms with E-state index >= 15 is 0 Å². The number of likely N-dealkylation sites (N-methyl/N-ethyl adjacent to an activating group) is 1. The fourth-order valence-electron chi connectivity index (χ4n) is 1.62. The van der Waals surface area contributed by atoms with E-state index in [1.165, 1.54) is 0 Å². The minimum atomic E-state index is 0.331. The van der Waals surface area contributed by atoms with Gasteiger partial charge in [-0.2, -0.15) is 0 Å². The van der Waals surface area contributed by atoms with Crippen molar-refractivity contribution in [1.82, 2.24) is 5.32 Å². The Morgan fingerprint density at radius 1 is 1.43 bits per heavy atom. The summed E-state index contributed by atoms with van der Waals surface area (Å²) in [5.41, 5.74) is 0. The summed E-state index contributed by atoms with van der Waals surface area (Å²) >= 11 is 0. The van der Waals surface area contributed by atoms with Crippen molar-refractivity contribution in [3.05, 3.63) is 0 Å². The Morgan fingerprint density at radius 3 is 2.79 bits per heavy atom. The predicted molar refractivity (Wildman–Crippen MR) is 57.5 cm³/mol. The van der Waals surface area contributed by atoms with Crippen LogP contribution in [0.3, 0.4) is 0 Å². The van der Waals surface area contributed by atoms with Gasteiger partial charge in [0.05, 0.1) is 6.10 Å². The second-order valence-electron chi connectivity index (χ2n) is 4.01. The lowest BCUT2D eigenvalue weighted by atomic mass is 10.0. The lowest BCUT2D eigenvalue weighted by Gasteiger charge is -2.23. The number of nitrogens with one attached hydrogen (secondary N) is 1. The maximum Gasteiger partial charge on any atom is 0.0671 e. The van der Waals surface area contributed by atoms with E-state index in [4.69, 9.17) is 9.47 Å². The third kappa shape index (κ3) is 4.94. The molecule has 1 aliphatic rings. The van der Waals surface area contributed by atoms with Crippen LogP contribution in [0.15, 0.2) is 0 Å². The van der Waals surface area contributed by atoms with Gasteiger partial charge in [-0.1, -0.05) is 6.92 Å². The van der Waals surface area contributed by atoms with Crippen molar-refractivity contribution >= 4 is 0 Å². The van der Waals surface area contributed by atoms with Crippen LogP contribution in [0.4, 0.5) is 0 Å². The predicted octanol–water partition coefficient (Wildman–Crippen LogP) is 1.43. The average molecular weight is 201 g/mol.